The SMILES string of the molecule is COc1cc(C)c2nc3n[nH]c(C)c3c(NCc3ccccn3)c2c1. The van der Waals surface area contributed by atoms with Crippen molar-refractivity contribution in [3.05, 3.63) is 53.5 Å². The number of nitrogens with one attached hydrogen (secondary N) is 2. The van der Waals surface area contributed by atoms with Crippen LogP contribution < -0.4 is 10.1 Å². The van der Waals surface area contributed by atoms with E-state index in [9.17, 15) is 0 Å². The van der Waals surface area contributed by atoms with Crippen molar-refractivity contribution >= 4 is 27.6 Å². The number of benzene rings is 1. The van der Waals surface area contributed by atoms with Gasteiger partial charge in [-0.3, -0.25) is 10.1 Å². The lowest BCUT2D eigenvalue weighted by molar-refractivity contribution is 0.415. The van der Waals surface area contributed by atoms with Crippen LogP contribution in [0.2, 0.25) is 0 Å². The Bertz CT molecular complexity index is 1060. The number of methoxy groups -OCH3 is 1. The number of pyridine rings is 2. The van der Waals surface area contributed by atoms with E-state index in [0.717, 1.165) is 44.7 Å². The monoisotopic (exact) mass is 333 g/mol. The minimum Gasteiger partial charge on any atom is -0.497 e. The molecule has 0 saturated carbocycles. The van der Waals surface area contributed by atoms with E-state index in [1.807, 2.05) is 44.2 Å². The van der Waals surface area contributed by atoms with Gasteiger partial charge in [0.15, 0.2) is 5.65 Å². The van der Waals surface area contributed by atoms with E-state index < -0.39 is 0 Å². The van der Waals surface area contributed by atoms with Crippen LogP contribution in [0.3, 0.4) is 0 Å². The topological polar surface area (TPSA) is 75.7 Å². The Morgan fingerprint density at radius 2 is 2.08 bits per heavy atom. The smallest absolute Gasteiger partial charge is 0.183 e. The van der Waals surface area contributed by atoms with E-state index in [1.54, 1.807) is 13.3 Å². The second-order valence-corrected chi connectivity index (χ2v) is 6.05. The lowest BCUT2D eigenvalue weighted by atomic mass is 10.1. The summed E-state index contributed by atoms with van der Waals surface area (Å²) in [4.78, 5) is 9.12. The zero-order valence-electron chi connectivity index (χ0n) is 14.4. The molecule has 25 heavy (non-hydrogen) atoms. The Kier molecular flexibility index (Phi) is 3.72. The number of hydrogen-bond donors (Lipinski definition) is 2. The largest absolute Gasteiger partial charge is 0.497 e. The standard InChI is InChI=1S/C19H19N5O/c1-11-8-14(25-3)9-15-17(11)22-19-16(12(2)23-24-19)18(15)21-10-13-6-4-5-7-20-13/h4-9H,10H2,1-3H3,(H2,21,22,23,24). The average molecular weight is 333 g/mol. The molecular weight excluding hydrogens is 314 g/mol. The Morgan fingerprint density at radius 1 is 1.20 bits per heavy atom. The van der Waals surface area contributed by atoms with Crippen LogP contribution in [0.15, 0.2) is 36.5 Å². The number of nitrogens with zero attached hydrogens (tertiary/aromatic N) is 3. The Morgan fingerprint density at radius 3 is 2.84 bits per heavy atom. The van der Waals surface area contributed by atoms with Gasteiger partial charge in [-0.1, -0.05) is 6.07 Å². The highest BCUT2D eigenvalue weighted by molar-refractivity contribution is 6.08. The summed E-state index contributed by atoms with van der Waals surface area (Å²) in [6.07, 6.45) is 1.80. The average Bonchev–Trinajstić information content (AvgIpc) is 3.01. The van der Waals surface area contributed by atoms with Gasteiger partial charge in [-0.25, -0.2) is 4.98 Å². The van der Waals surface area contributed by atoms with Gasteiger partial charge in [0.25, 0.3) is 0 Å². The van der Waals surface area contributed by atoms with Crippen molar-refractivity contribution in [3.63, 3.8) is 0 Å². The maximum absolute atomic E-state index is 5.45. The summed E-state index contributed by atoms with van der Waals surface area (Å²) < 4.78 is 5.45. The highest BCUT2D eigenvalue weighted by Gasteiger charge is 2.16. The molecule has 0 fully saturated rings. The summed E-state index contributed by atoms with van der Waals surface area (Å²) in [5.41, 5.74) is 5.64. The normalized spacial score (nSPS) is 11.2. The van der Waals surface area contributed by atoms with Gasteiger partial charge < -0.3 is 10.1 Å². The second-order valence-electron chi connectivity index (χ2n) is 6.05. The van der Waals surface area contributed by atoms with E-state index in [1.165, 1.54) is 0 Å². The molecule has 3 aromatic heterocycles. The van der Waals surface area contributed by atoms with Gasteiger partial charge >= 0.3 is 0 Å². The number of aromatic nitrogens is 4. The first-order valence-electron chi connectivity index (χ1n) is 8.14. The van der Waals surface area contributed by atoms with Crippen molar-refractivity contribution in [2.45, 2.75) is 20.4 Å². The molecule has 2 N–H and O–H groups in total. The van der Waals surface area contributed by atoms with E-state index >= 15 is 0 Å². The fourth-order valence-corrected chi connectivity index (χ4v) is 3.11. The third-order valence-corrected chi connectivity index (χ3v) is 4.35. The number of fused-ring (bicyclic) bond motifs is 2. The molecule has 0 atom stereocenters. The van der Waals surface area contributed by atoms with Crippen molar-refractivity contribution in [2.75, 3.05) is 12.4 Å². The summed E-state index contributed by atoms with van der Waals surface area (Å²) in [5.74, 6) is 0.813. The van der Waals surface area contributed by atoms with E-state index in [-0.39, 0.29) is 0 Å². The molecule has 0 spiro atoms. The number of H-pyrrole nitrogens is 1. The van der Waals surface area contributed by atoms with Crippen molar-refractivity contribution < 1.29 is 4.74 Å². The number of rotatable bonds is 4. The summed E-state index contributed by atoms with van der Waals surface area (Å²) >= 11 is 0. The molecule has 126 valence electrons. The van der Waals surface area contributed by atoms with Crippen molar-refractivity contribution in [1.82, 2.24) is 20.2 Å². The predicted octanol–water partition coefficient (Wildman–Crippen LogP) is 3.74. The van der Waals surface area contributed by atoms with Gasteiger partial charge in [-0.2, -0.15) is 5.10 Å². The first kappa shape index (κ1) is 15.4. The first-order chi connectivity index (χ1) is 12.2. The molecule has 0 radical (unpaired) electrons. The Hall–Kier alpha value is -3.15. The van der Waals surface area contributed by atoms with Crippen LogP contribution in [0.1, 0.15) is 17.0 Å². The maximum atomic E-state index is 5.45. The van der Waals surface area contributed by atoms with Gasteiger partial charge in [-0.15, -0.1) is 0 Å². The molecule has 4 rings (SSSR count). The summed E-state index contributed by atoms with van der Waals surface area (Å²) in [6, 6.07) is 9.91. The molecule has 0 aliphatic heterocycles. The molecule has 0 saturated heterocycles. The van der Waals surface area contributed by atoms with Gasteiger partial charge in [-0.05, 0) is 43.7 Å². The number of aromatic amines is 1. The second kappa shape index (κ2) is 6.05. The first-order valence-corrected chi connectivity index (χ1v) is 8.14. The van der Waals surface area contributed by atoms with Crippen LogP contribution in [0, 0.1) is 13.8 Å². The van der Waals surface area contributed by atoms with Gasteiger partial charge in [0.05, 0.1) is 35.9 Å². The van der Waals surface area contributed by atoms with Crippen molar-refractivity contribution in [1.29, 1.82) is 0 Å². The molecular formula is C19H19N5O. The van der Waals surface area contributed by atoms with Gasteiger partial charge in [0, 0.05) is 17.3 Å². The van der Waals surface area contributed by atoms with Crippen LogP contribution in [0.5, 0.6) is 5.75 Å². The fourth-order valence-electron chi connectivity index (χ4n) is 3.11. The molecule has 0 bridgehead atoms. The minimum absolute atomic E-state index is 0.621. The van der Waals surface area contributed by atoms with Crippen molar-refractivity contribution in [2.24, 2.45) is 0 Å². The zero-order chi connectivity index (χ0) is 17.4. The third kappa shape index (κ3) is 2.65. The third-order valence-electron chi connectivity index (χ3n) is 4.35. The predicted molar refractivity (Wildman–Crippen MR) is 99.0 cm³/mol. The minimum atomic E-state index is 0.621. The fraction of sp³-hybridized carbons (Fsp3) is 0.211. The number of ether oxygens (including phenoxy) is 1. The summed E-state index contributed by atoms with van der Waals surface area (Å²) in [7, 11) is 1.68. The molecule has 3 heterocycles. The highest BCUT2D eigenvalue weighted by atomic mass is 16.5. The molecule has 0 aliphatic carbocycles. The van der Waals surface area contributed by atoms with Gasteiger partial charge in [0.1, 0.15) is 5.75 Å². The van der Waals surface area contributed by atoms with E-state index in [4.69, 9.17) is 9.72 Å². The van der Waals surface area contributed by atoms with Crippen LogP contribution in [0.4, 0.5) is 5.69 Å². The summed E-state index contributed by atoms with van der Waals surface area (Å²) in [5, 5.41) is 12.9. The Balaban J connectivity index is 1.93. The van der Waals surface area contributed by atoms with E-state index in [2.05, 4.69) is 20.5 Å². The molecule has 1 aromatic carbocycles. The van der Waals surface area contributed by atoms with Crippen LogP contribution in [0.25, 0.3) is 21.9 Å². The zero-order valence-corrected chi connectivity index (χ0v) is 14.4. The van der Waals surface area contributed by atoms with E-state index in [0.29, 0.717) is 12.2 Å². The van der Waals surface area contributed by atoms with Gasteiger partial charge in [0.2, 0.25) is 0 Å². The highest BCUT2D eigenvalue weighted by Crippen LogP contribution is 2.35. The number of anilines is 1. The lowest BCUT2D eigenvalue weighted by Crippen LogP contribution is -2.03. The van der Waals surface area contributed by atoms with Crippen LogP contribution >= 0.6 is 0 Å². The molecule has 0 aliphatic rings. The quantitative estimate of drug-likeness (QED) is 0.595. The molecule has 4 aromatic rings. The molecule has 0 amide bonds. The molecule has 0 unspecified atom stereocenters. The van der Waals surface area contributed by atoms with Crippen LogP contribution in [-0.2, 0) is 6.54 Å². The molecule has 6 nitrogen and oxygen atoms in total. The molecule has 6 heteroatoms. The summed E-state index contributed by atoms with van der Waals surface area (Å²) in [6.45, 7) is 4.66. The Labute approximate surface area is 145 Å². The number of aryl methyl sites for hydroxylation is 2. The van der Waals surface area contributed by atoms with Crippen molar-refractivity contribution in [3.8, 4) is 5.75 Å². The lowest BCUT2D eigenvalue weighted by Gasteiger charge is -2.14. The van der Waals surface area contributed by atoms with Crippen LogP contribution in [-0.4, -0.2) is 27.3 Å². The maximum Gasteiger partial charge on any atom is 0.183 e. The number of hydrogen-bond acceptors (Lipinski definition) is 5.